The monoisotopic (exact) mass is 323 g/mol. The van der Waals surface area contributed by atoms with Crippen molar-refractivity contribution >= 4 is 39.3 Å². The number of ether oxygens (including phenoxy) is 1. The molecule has 0 aliphatic carbocycles. The smallest absolute Gasteiger partial charge is 0.348 e. The zero-order valence-electron chi connectivity index (χ0n) is 12.8. The van der Waals surface area contributed by atoms with E-state index in [2.05, 4.69) is 15.3 Å². The van der Waals surface area contributed by atoms with Crippen LogP contribution in [0.3, 0.4) is 0 Å². The van der Waals surface area contributed by atoms with E-state index in [4.69, 9.17) is 9.84 Å². The lowest BCUT2D eigenvalue weighted by atomic mass is 10.2. The normalized spacial score (nSPS) is 12.2. The molecule has 2 N–H and O–H groups in total. The van der Waals surface area contributed by atoms with E-state index in [1.807, 2.05) is 0 Å². The van der Waals surface area contributed by atoms with Gasteiger partial charge in [0.2, 0.25) is 0 Å². The molecule has 0 aliphatic rings. The van der Waals surface area contributed by atoms with Crippen LogP contribution in [0.5, 0.6) is 0 Å². The summed E-state index contributed by atoms with van der Waals surface area (Å²) >= 11 is 1.22. The average molecular weight is 323 g/mol. The molecule has 7 nitrogen and oxygen atoms in total. The number of aliphatic carboxylic acids is 1. The number of nitrogens with one attached hydrogen (secondary N) is 1. The predicted octanol–water partition coefficient (Wildman–Crippen LogP) is 2.37. The molecule has 0 saturated carbocycles. The number of esters is 1. The Morgan fingerprint density at radius 2 is 2.05 bits per heavy atom. The molecule has 0 fully saturated rings. The Bertz CT molecular complexity index is 741. The van der Waals surface area contributed by atoms with Gasteiger partial charge < -0.3 is 15.2 Å². The van der Waals surface area contributed by atoms with Crippen LogP contribution in [0.15, 0.2) is 0 Å². The van der Waals surface area contributed by atoms with Crippen molar-refractivity contribution in [3.8, 4) is 0 Å². The summed E-state index contributed by atoms with van der Waals surface area (Å²) in [5.41, 5.74) is 0.693. The minimum atomic E-state index is -0.983. The number of hydrogen-bond donors (Lipinski definition) is 2. The number of carbonyl (C=O) groups excluding carboxylic acids is 1. The van der Waals surface area contributed by atoms with Crippen molar-refractivity contribution in [1.82, 2.24) is 9.97 Å². The summed E-state index contributed by atoms with van der Waals surface area (Å²) in [5.74, 6) is -0.466. The zero-order chi connectivity index (χ0) is 16.4. The number of nitrogens with zero attached hydrogens (tertiary/aromatic N) is 2. The second kappa shape index (κ2) is 6.27. The van der Waals surface area contributed by atoms with E-state index in [1.54, 1.807) is 20.8 Å². The molecular formula is C14H17N3O4S. The number of aryl methyl sites for hydroxylation is 2. The molecule has 0 aliphatic heterocycles. The van der Waals surface area contributed by atoms with Crippen molar-refractivity contribution in [2.75, 3.05) is 11.9 Å². The van der Waals surface area contributed by atoms with E-state index in [-0.39, 0.29) is 0 Å². The highest BCUT2D eigenvalue weighted by Crippen LogP contribution is 2.34. The fourth-order valence-electron chi connectivity index (χ4n) is 2.01. The summed E-state index contributed by atoms with van der Waals surface area (Å²) in [6.07, 6.45) is 0. The Kier molecular flexibility index (Phi) is 4.60. The van der Waals surface area contributed by atoms with Crippen molar-refractivity contribution < 1.29 is 19.4 Å². The minimum Gasteiger partial charge on any atom is -0.480 e. The van der Waals surface area contributed by atoms with Gasteiger partial charge in [0, 0.05) is 0 Å². The number of carboxylic acids is 1. The van der Waals surface area contributed by atoms with E-state index in [0.29, 0.717) is 38.9 Å². The molecule has 2 aromatic heterocycles. The van der Waals surface area contributed by atoms with Crippen molar-refractivity contribution in [3.05, 3.63) is 16.3 Å². The maximum Gasteiger partial charge on any atom is 0.348 e. The topological polar surface area (TPSA) is 101 Å². The van der Waals surface area contributed by atoms with Gasteiger partial charge >= 0.3 is 11.9 Å². The third-order valence-corrected chi connectivity index (χ3v) is 4.25. The van der Waals surface area contributed by atoms with Gasteiger partial charge in [-0.3, -0.25) is 4.79 Å². The number of aromatic nitrogens is 2. The maximum absolute atomic E-state index is 12.0. The van der Waals surface area contributed by atoms with Crippen LogP contribution in [0, 0.1) is 13.8 Å². The number of rotatable bonds is 5. The van der Waals surface area contributed by atoms with Crippen molar-refractivity contribution in [3.63, 3.8) is 0 Å². The fraction of sp³-hybridized carbons (Fsp3) is 0.429. The lowest BCUT2D eigenvalue weighted by Crippen LogP contribution is -2.26. The molecular weight excluding hydrogens is 306 g/mol. The first-order valence-corrected chi connectivity index (χ1v) is 7.61. The van der Waals surface area contributed by atoms with Crippen molar-refractivity contribution in [1.29, 1.82) is 0 Å². The van der Waals surface area contributed by atoms with Crippen LogP contribution in [-0.4, -0.2) is 39.7 Å². The molecule has 2 heterocycles. The molecule has 0 amide bonds. The van der Waals surface area contributed by atoms with Gasteiger partial charge in [0.05, 0.1) is 12.0 Å². The van der Waals surface area contributed by atoms with Crippen LogP contribution in [0.4, 0.5) is 5.82 Å². The van der Waals surface area contributed by atoms with E-state index in [9.17, 15) is 9.59 Å². The van der Waals surface area contributed by atoms with Crippen LogP contribution in [-0.2, 0) is 9.53 Å². The quantitative estimate of drug-likeness (QED) is 0.814. The van der Waals surface area contributed by atoms with Crippen molar-refractivity contribution in [2.24, 2.45) is 0 Å². The lowest BCUT2D eigenvalue weighted by molar-refractivity contribution is -0.137. The Balaban J connectivity index is 2.57. The van der Waals surface area contributed by atoms with Crippen molar-refractivity contribution in [2.45, 2.75) is 33.7 Å². The number of carbonyl (C=O) groups is 2. The van der Waals surface area contributed by atoms with Crippen LogP contribution in [0.2, 0.25) is 0 Å². The molecule has 2 rings (SSSR count). The summed E-state index contributed by atoms with van der Waals surface area (Å²) in [7, 11) is 0. The Labute approximate surface area is 131 Å². The minimum absolute atomic E-state index is 0.290. The number of fused-ring (bicyclic) bond motifs is 1. The van der Waals surface area contributed by atoms with Gasteiger partial charge in [-0.2, -0.15) is 0 Å². The van der Waals surface area contributed by atoms with E-state index < -0.39 is 18.0 Å². The third kappa shape index (κ3) is 3.01. The fourth-order valence-corrected chi connectivity index (χ4v) is 3.13. The molecule has 0 aromatic carbocycles. The highest BCUT2D eigenvalue weighted by molar-refractivity contribution is 7.20. The molecule has 0 bridgehead atoms. The molecule has 0 radical (unpaired) electrons. The molecule has 1 atom stereocenters. The lowest BCUT2D eigenvalue weighted by Gasteiger charge is -2.11. The van der Waals surface area contributed by atoms with Gasteiger partial charge in [0.15, 0.2) is 0 Å². The first-order valence-electron chi connectivity index (χ1n) is 6.79. The summed E-state index contributed by atoms with van der Waals surface area (Å²) in [6.45, 7) is 7.06. The Morgan fingerprint density at radius 3 is 2.64 bits per heavy atom. The highest BCUT2D eigenvalue weighted by Gasteiger charge is 2.22. The Morgan fingerprint density at radius 1 is 1.36 bits per heavy atom. The van der Waals surface area contributed by atoms with Gasteiger partial charge in [-0.15, -0.1) is 11.3 Å². The second-order valence-corrected chi connectivity index (χ2v) is 5.78. The molecule has 0 spiro atoms. The van der Waals surface area contributed by atoms with Gasteiger partial charge in [-0.05, 0) is 33.3 Å². The molecule has 0 saturated heterocycles. The number of thiophene rings is 1. The van der Waals surface area contributed by atoms with Gasteiger partial charge in [-0.1, -0.05) is 0 Å². The van der Waals surface area contributed by atoms with E-state index in [0.717, 1.165) is 0 Å². The van der Waals surface area contributed by atoms with Crippen LogP contribution in [0.1, 0.15) is 34.9 Å². The number of carboxylic acid groups (broad SMARTS) is 1. The van der Waals surface area contributed by atoms with Gasteiger partial charge in [0.1, 0.15) is 27.4 Å². The molecule has 2 aromatic rings. The zero-order valence-corrected chi connectivity index (χ0v) is 13.6. The SMILES string of the molecule is CCOC(=O)c1sc2nc(C)nc(N[C@@H](C)C(=O)O)c2c1C. The standard InChI is InChI=1S/C14H17N3O4S/c1-5-21-14(20)10-6(2)9-11(15-7(3)13(18)19)16-8(4)17-12(9)22-10/h7H,5H2,1-4H3,(H,18,19)(H,15,16,17)/t7-/m0/s1. The summed E-state index contributed by atoms with van der Waals surface area (Å²) in [5, 5.41) is 12.6. The van der Waals surface area contributed by atoms with Crippen LogP contribution in [0.25, 0.3) is 10.2 Å². The Hall–Kier alpha value is -2.22. The van der Waals surface area contributed by atoms with Crippen LogP contribution >= 0.6 is 11.3 Å². The number of anilines is 1. The molecule has 118 valence electrons. The summed E-state index contributed by atoms with van der Waals surface area (Å²) in [6, 6.07) is -0.803. The molecule has 8 heteroatoms. The molecule has 0 unspecified atom stereocenters. The van der Waals surface area contributed by atoms with E-state index in [1.165, 1.54) is 18.3 Å². The van der Waals surface area contributed by atoms with E-state index >= 15 is 0 Å². The largest absolute Gasteiger partial charge is 0.480 e. The average Bonchev–Trinajstić information content (AvgIpc) is 2.76. The number of hydrogen-bond acceptors (Lipinski definition) is 7. The third-order valence-electron chi connectivity index (χ3n) is 3.09. The van der Waals surface area contributed by atoms with Gasteiger partial charge in [0.25, 0.3) is 0 Å². The summed E-state index contributed by atoms with van der Waals surface area (Å²) in [4.78, 5) is 32.7. The highest BCUT2D eigenvalue weighted by atomic mass is 32.1. The van der Waals surface area contributed by atoms with Gasteiger partial charge in [-0.25, -0.2) is 14.8 Å². The second-order valence-electron chi connectivity index (χ2n) is 4.78. The maximum atomic E-state index is 12.0. The molecule has 22 heavy (non-hydrogen) atoms. The van der Waals surface area contributed by atoms with Crippen LogP contribution < -0.4 is 5.32 Å². The predicted molar refractivity (Wildman–Crippen MR) is 83.6 cm³/mol. The first-order chi connectivity index (χ1) is 10.3. The first kappa shape index (κ1) is 16.2. The summed E-state index contributed by atoms with van der Waals surface area (Å²) < 4.78 is 5.04.